The van der Waals surface area contributed by atoms with E-state index in [4.69, 9.17) is 4.98 Å². The smallest absolute Gasteiger partial charge is 0.267 e. The molecule has 19 heteroatoms. The summed E-state index contributed by atoms with van der Waals surface area (Å²) in [4.78, 5) is 63.3. The second-order valence-corrected chi connectivity index (χ2v) is 15.9. The van der Waals surface area contributed by atoms with Crippen molar-refractivity contribution in [3.05, 3.63) is 53.6 Å². The van der Waals surface area contributed by atoms with Crippen LogP contribution in [0.25, 0.3) is 33.5 Å². The number of carbonyl (C=O) groups excluding carboxylic acids is 4. The van der Waals surface area contributed by atoms with Gasteiger partial charge in [0.2, 0.25) is 23.6 Å². The summed E-state index contributed by atoms with van der Waals surface area (Å²) < 4.78 is 92.4. The molecule has 5 N–H and O–H groups in total. The molecule has 60 heavy (non-hydrogen) atoms. The molecule has 6 atom stereocenters. The number of hydrogen-bond donors (Lipinski definition) is 5. The normalized spacial score (nSPS) is 20.7. The number of likely N-dealkylation sites (N-methyl/N-ethyl adjacent to an activating group) is 2. The van der Waals surface area contributed by atoms with Gasteiger partial charge >= 0.3 is 0 Å². The molecule has 0 aliphatic carbocycles. The summed E-state index contributed by atoms with van der Waals surface area (Å²) in [5.74, 6) is -10.2. The van der Waals surface area contributed by atoms with Gasteiger partial charge in [0.05, 0.1) is 47.9 Å². The highest BCUT2D eigenvalue weighted by Crippen LogP contribution is 2.40. The number of hydrogen-bond acceptors (Lipinski definition) is 7. The van der Waals surface area contributed by atoms with Crippen LogP contribution in [-0.2, 0) is 32.1 Å². The standard InChI is InChI=1S/C41H51F6N9O4/c1-7-29(52-36(57)21(3)48-5)38(59)55-19-40(44,45)16-25(55)15-28-27-11-9-23(42)13-31(27)50-34(28)35-51-32-14-24(43)10-12-33(32)54(35)18-26-17-41(46,47)20-56(26)39(60)30(8-2)53-37(58)22(4)49-6/h9-14,21-22,25-26,29-30,48-50H,7-8,15-20H2,1-6H3,(H,52,57)(H,53,58)/t21-,22-,25+,26-,29-,30-/m0/s1. The Morgan fingerprint density at radius 1 is 0.800 bits per heavy atom. The summed E-state index contributed by atoms with van der Waals surface area (Å²) in [5.41, 5.74) is 1.19. The van der Waals surface area contributed by atoms with Crippen molar-refractivity contribution >= 4 is 45.6 Å². The zero-order chi connectivity index (χ0) is 43.8. The number of fused-ring (bicyclic) bond motifs is 2. The molecule has 2 aliphatic heterocycles. The summed E-state index contributed by atoms with van der Waals surface area (Å²) in [6.45, 7) is 4.34. The molecule has 0 spiro atoms. The minimum Gasteiger partial charge on any atom is -0.352 e. The molecule has 0 unspecified atom stereocenters. The van der Waals surface area contributed by atoms with Crippen molar-refractivity contribution in [1.29, 1.82) is 0 Å². The second-order valence-electron chi connectivity index (χ2n) is 15.9. The van der Waals surface area contributed by atoms with Gasteiger partial charge in [-0.1, -0.05) is 13.8 Å². The van der Waals surface area contributed by atoms with Crippen molar-refractivity contribution in [2.45, 2.75) is 114 Å². The average Bonchev–Trinajstić information content (AvgIpc) is 3.92. The predicted molar refractivity (Wildman–Crippen MR) is 212 cm³/mol. The number of H-pyrrole nitrogens is 1. The van der Waals surface area contributed by atoms with Gasteiger partial charge in [-0.2, -0.15) is 0 Å². The first-order valence-corrected chi connectivity index (χ1v) is 20.1. The maximum atomic E-state index is 15.4. The summed E-state index contributed by atoms with van der Waals surface area (Å²) in [5, 5.41) is 11.2. The van der Waals surface area contributed by atoms with E-state index in [1.165, 1.54) is 28.8 Å². The van der Waals surface area contributed by atoms with Crippen LogP contribution in [0, 0.1) is 11.6 Å². The Morgan fingerprint density at radius 2 is 1.32 bits per heavy atom. The largest absolute Gasteiger partial charge is 0.352 e. The van der Waals surface area contributed by atoms with Crippen molar-refractivity contribution in [3.8, 4) is 11.5 Å². The summed E-state index contributed by atoms with van der Waals surface area (Å²) in [7, 11) is 3.13. The molecule has 2 fully saturated rings. The second kappa shape index (κ2) is 17.4. The zero-order valence-corrected chi connectivity index (χ0v) is 34.3. The molecule has 2 aromatic carbocycles. The minimum absolute atomic E-state index is 0.0652. The first-order chi connectivity index (χ1) is 28.3. The molecular weight excluding hydrogens is 796 g/mol. The Kier molecular flexibility index (Phi) is 12.9. The number of likely N-dealkylation sites (tertiary alicyclic amines) is 2. The Labute approximate surface area is 343 Å². The van der Waals surface area contributed by atoms with Gasteiger partial charge in [-0.15, -0.1) is 0 Å². The van der Waals surface area contributed by atoms with Crippen LogP contribution < -0.4 is 21.3 Å². The lowest BCUT2D eigenvalue weighted by Gasteiger charge is -2.30. The number of aromatic nitrogens is 3. The average molecular weight is 848 g/mol. The van der Waals surface area contributed by atoms with Gasteiger partial charge in [0.15, 0.2) is 5.82 Å². The number of benzene rings is 2. The van der Waals surface area contributed by atoms with Crippen molar-refractivity contribution in [3.63, 3.8) is 0 Å². The van der Waals surface area contributed by atoms with Crippen molar-refractivity contribution < 1.29 is 45.5 Å². The van der Waals surface area contributed by atoms with Gasteiger partial charge in [-0.25, -0.2) is 31.3 Å². The predicted octanol–water partition coefficient (Wildman–Crippen LogP) is 4.48. The fourth-order valence-corrected chi connectivity index (χ4v) is 8.15. The molecule has 0 bridgehead atoms. The minimum atomic E-state index is -3.31. The highest BCUT2D eigenvalue weighted by Gasteiger charge is 2.50. The third-order valence-electron chi connectivity index (χ3n) is 11.7. The maximum absolute atomic E-state index is 15.4. The van der Waals surface area contributed by atoms with E-state index in [1.54, 1.807) is 41.8 Å². The molecule has 2 aromatic heterocycles. The molecule has 2 saturated heterocycles. The number of halogens is 6. The quantitative estimate of drug-likeness (QED) is 0.111. The molecule has 2 aliphatic rings. The van der Waals surface area contributed by atoms with E-state index < -0.39 is 109 Å². The number of aromatic amines is 1. The summed E-state index contributed by atoms with van der Waals surface area (Å²) in [6.07, 6.45) is -1.46. The van der Waals surface area contributed by atoms with Gasteiger partial charge in [-0.3, -0.25) is 19.2 Å². The molecule has 0 radical (unpaired) electrons. The van der Waals surface area contributed by atoms with E-state index in [1.807, 2.05) is 0 Å². The monoisotopic (exact) mass is 847 g/mol. The molecule has 326 valence electrons. The maximum Gasteiger partial charge on any atom is 0.267 e. The van der Waals surface area contributed by atoms with Crippen molar-refractivity contribution in [2.24, 2.45) is 0 Å². The molecule has 4 amide bonds. The van der Waals surface area contributed by atoms with Crippen LogP contribution >= 0.6 is 0 Å². The molecule has 4 heterocycles. The fraction of sp³-hybridized carbons (Fsp3) is 0.537. The number of amides is 4. The Balaban J connectivity index is 1.43. The van der Waals surface area contributed by atoms with Crippen LogP contribution in [0.4, 0.5) is 26.3 Å². The van der Waals surface area contributed by atoms with Crippen LogP contribution in [0.3, 0.4) is 0 Å². The van der Waals surface area contributed by atoms with Crippen molar-refractivity contribution in [2.75, 3.05) is 27.2 Å². The van der Waals surface area contributed by atoms with Gasteiger partial charge in [0, 0.05) is 42.4 Å². The van der Waals surface area contributed by atoms with Crippen LogP contribution in [-0.4, -0.2) is 123 Å². The fourth-order valence-electron chi connectivity index (χ4n) is 8.15. The van der Waals surface area contributed by atoms with Crippen LogP contribution in [0.2, 0.25) is 0 Å². The van der Waals surface area contributed by atoms with E-state index >= 15 is 17.6 Å². The third kappa shape index (κ3) is 9.11. The van der Waals surface area contributed by atoms with Crippen LogP contribution in [0.15, 0.2) is 36.4 Å². The molecule has 0 saturated carbocycles. The lowest BCUT2D eigenvalue weighted by molar-refractivity contribution is -0.138. The highest BCUT2D eigenvalue weighted by atomic mass is 19.3. The highest BCUT2D eigenvalue weighted by molar-refractivity contribution is 5.93. The first-order valence-electron chi connectivity index (χ1n) is 20.1. The lowest BCUT2D eigenvalue weighted by atomic mass is 9.99. The molecule has 13 nitrogen and oxygen atoms in total. The van der Waals surface area contributed by atoms with E-state index in [0.717, 1.165) is 21.9 Å². The Bertz CT molecular complexity index is 2110. The number of nitrogens with one attached hydrogen (secondary N) is 5. The van der Waals surface area contributed by atoms with E-state index in [2.05, 4.69) is 26.3 Å². The zero-order valence-electron chi connectivity index (χ0n) is 34.3. The third-order valence-corrected chi connectivity index (χ3v) is 11.7. The summed E-state index contributed by atoms with van der Waals surface area (Å²) >= 11 is 0. The number of imidazole rings is 1. The summed E-state index contributed by atoms with van der Waals surface area (Å²) in [6, 6.07) is 1.71. The van der Waals surface area contributed by atoms with Gasteiger partial charge in [-0.05, 0) is 83.1 Å². The van der Waals surface area contributed by atoms with Crippen molar-refractivity contribution in [1.82, 2.24) is 45.6 Å². The van der Waals surface area contributed by atoms with E-state index in [0.29, 0.717) is 16.5 Å². The molecular formula is C41H51F6N9O4. The Hall–Kier alpha value is -5.17. The van der Waals surface area contributed by atoms with E-state index in [9.17, 15) is 28.0 Å². The SMILES string of the molecule is CC[C@H](NC(=O)[C@H](C)NC)C(=O)N1CC(F)(F)C[C@H]1Cc1c(-c2nc3cc(F)ccc3n2C[C@@H]2CC(F)(F)CN2C(=O)[C@H](CC)NC(=O)[C@H](C)NC)[nH]c2cc(F)ccc12. The van der Waals surface area contributed by atoms with Gasteiger partial charge < -0.3 is 40.6 Å². The van der Waals surface area contributed by atoms with Gasteiger partial charge in [0.1, 0.15) is 23.7 Å². The van der Waals surface area contributed by atoms with Crippen LogP contribution in [0.5, 0.6) is 0 Å². The number of carbonyl (C=O) groups is 4. The lowest BCUT2D eigenvalue weighted by Crippen LogP contribution is -2.53. The number of rotatable bonds is 15. The van der Waals surface area contributed by atoms with Crippen LogP contribution in [0.1, 0.15) is 58.9 Å². The first kappa shape index (κ1) is 44.4. The van der Waals surface area contributed by atoms with Gasteiger partial charge in [0.25, 0.3) is 11.8 Å². The Morgan fingerprint density at radius 3 is 1.87 bits per heavy atom. The number of alkyl halides is 4. The number of nitrogens with zero attached hydrogens (tertiary/aromatic N) is 4. The topological polar surface area (TPSA) is 156 Å². The molecule has 4 aromatic rings. The molecule has 6 rings (SSSR count). The van der Waals surface area contributed by atoms with E-state index in [-0.39, 0.29) is 48.4 Å².